The minimum Gasteiger partial charge on any atom is -0.493 e. The molecular formula is C19H31N3O2. The van der Waals surface area contributed by atoms with Crippen LogP contribution in [0.1, 0.15) is 24.5 Å². The van der Waals surface area contributed by atoms with Crippen molar-refractivity contribution >= 4 is 5.91 Å². The van der Waals surface area contributed by atoms with Crippen LogP contribution < -0.4 is 10.1 Å². The highest BCUT2D eigenvalue weighted by Gasteiger charge is 2.19. The lowest BCUT2D eigenvalue weighted by Gasteiger charge is -2.36. The van der Waals surface area contributed by atoms with Gasteiger partial charge in [-0.25, -0.2) is 0 Å². The molecular weight excluding hydrogens is 302 g/mol. The van der Waals surface area contributed by atoms with Gasteiger partial charge in [0.05, 0.1) is 13.0 Å². The Morgan fingerprint density at radius 2 is 1.96 bits per heavy atom. The summed E-state index contributed by atoms with van der Waals surface area (Å²) >= 11 is 0. The fourth-order valence-electron chi connectivity index (χ4n) is 2.88. The van der Waals surface area contributed by atoms with Crippen molar-refractivity contribution in [1.29, 1.82) is 0 Å². The third kappa shape index (κ3) is 5.49. The lowest BCUT2D eigenvalue weighted by molar-refractivity contribution is -0.121. The average Bonchev–Trinajstić information content (AvgIpc) is 2.57. The highest BCUT2D eigenvalue weighted by molar-refractivity contribution is 5.76. The van der Waals surface area contributed by atoms with Gasteiger partial charge in [0.15, 0.2) is 0 Å². The van der Waals surface area contributed by atoms with Crippen molar-refractivity contribution in [1.82, 2.24) is 15.1 Å². The maximum atomic E-state index is 12.0. The van der Waals surface area contributed by atoms with Crippen LogP contribution in [0.4, 0.5) is 0 Å². The van der Waals surface area contributed by atoms with E-state index < -0.39 is 0 Å². The molecule has 0 bridgehead atoms. The number of aryl methyl sites for hydroxylation is 1. The van der Waals surface area contributed by atoms with E-state index in [0.717, 1.165) is 37.5 Å². The number of amides is 1. The molecule has 0 spiro atoms. The van der Waals surface area contributed by atoms with Crippen LogP contribution >= 0.6 is 0 Å². The number of ether oxygens (including phenoxy) is 1. The second-order valence-corrected chi connectivity index (χ2v) is 6.79. The van der Waals surface area contributed by atoms with Crippen LogP contribution in [0.3, 0.4) is 0 Å². The molecule has 0 aliphatic carbocycles. The van der Waals surface area contributed by atoms with Gasteiger partial charge in [-0.3, -0.25) is 9.69 Å². The van der Waals surface area contributed by atoms with Crippen LogP contribution in [0.15, 0.2) is 18.2 Å². The van der Waals surface area contributed by atoms with Gasteiger partial charge in [0.1, 0.15) is 5.75 Å². The van der Waals surface area contributed by atoms with E-state index >= 15 is 0 Å². The molecule has 1 fully saturated rings. The van der Waals surface area contributed by atoms with Crippen molar-refractivity contribution in [3.63, 3.8) is 0 Å². The monoisotopic (exact) mass is 333 g/mol. The highest BCUT2D eigenvalue weighted by Crippen LogP contribution is 2.20. The third-order valence-electron chi connectivity index (χ3n) is 4.90. The van der Waals surface area contributed by atoms with E-state index in [4.69, 9.17) is 4.74 Å². The van der Waals surface area contributed by atoms with Crippen LogP contribution in [-0.4, -0.2) is 68.1 Å². The molecule has 1 aromatic carbocycles. The van der Waals surface area contributed by atoms with Crippen molar-refractivity contribution in [2.24, 2.45) is 0 Å². The number of rotatable bonds is 7. The summed E-state index contributed by atoms with van der Waals surface area (Å²) in [4.78, 5) is 16.8. The Kier molecular flexibility index (Phi) is 7.06. The van der Waals surface area contributed by atoms with Crippen molar-refractivity contribution in [3.05, 3.63) is 29.3 Å². The van der Waals surface area contributed by atoms with Gasteiger partial charge in [0.25, 0.3) is 0 Å². The smallest absolute Gasteiger partial charge is 0.223 e. The van der Waals surface area contributed by atoms with Gasteiger partial charge >= 0.3 is 0 Å². The first kappa shape index (κ1) is 18.7. The Morgan fingerprint density at radius 3 is 2.67 bits per heavy atom. The van der Waals surface area contributed by atoms with E-state index in [1.54, 1.807) is 0 Å². The van der Waals surface area contributed by atoms with Crippen molar-refractivity contribution in [2.75, 3.05) is 46.4 Å². The number of hydrogen-bond acceptors (Lipinski definition) is 4. The number of piperazine rings is 1. The van der Waals surface area contributed by atoms with E-state index in [1.165, 1.54) is 5.56 Å². The van der Waals surface area contributed by atoms with Crippen LogP contribution in [0.25, 0.3) is 0 Å². The summed E-state index contributed by atoms with van der Waals surface area (Å²) in [5, 5.41) is 3.03. The SMILES string of the molecule is Cc1cccc(OCCC(=O)NC[C@@H](C)N2CCN(C)CC2)c1C. The van der Waals surface area contributed by atoms with Gasteiger partial charge in [-0.2, -0.15) is 0 Å². The van der Waals surface area contributed by atoms with E-state index in [9.17, 15) is 4.79 Å². The van der Waals surface area contributed by atoms with Crippen LogP contribution in [0.2, 0.25) is 0 Å². The van der Waals surface area contributed by atoms with Gasteiger partial charge in [-0.05, 0) is 45.0 Å². The molecule has 1 amide bonds. The van der Waals surface area contributed by atoms with Crippen molar-refractivity contribution < 1.29 is 9.53 Å². The topological polar surface area (TPSA) is 44.8 Å². The molecule has 1 saturated heterocycles. The zero-order valence-corrected chi connectivity index (χ0v) is 15.5. The number of benzene rings is 1. The third-order valence-corrected chi connectivity index (χ3v) is 4.90. The first-order valence-electron chi connectivity index (χ1n) is 8.85. The average molecular weight is 333 g/mol. The molecule has 1 N–H and O–H groups in total. The molecule has 0 unspecified atom stereocenters. The first-order chi connectivity index (χ1) is 11.5. The molecule has 1 aliphatic rings. The molecule has 5 heteroatoms. The van der Waals surface area contributed by atoms with E-state index in [-0.39, 0.29) is 5.91 Å². The molecule has 0 saturated carbocycles. The predicted octanol–water partition coefficient (Wildman–Crippen LogP) is 1.82. The largest absolute Gasteiger partial charge is 0.493 e. The number of carbonyl (C=O) groups is 1. The van der Waals surface area contributed by atoms with Crippen LogP contribution in [0.5, 0.6) is 5.75 Å². The summed E-state index contributed by atoms with van der Waals surface area (Å²) in [6.07, 6.45) is 0.392. The van der Waals surface area contributed by atoms with Crippen molar-refractivity contribution in [2.45, 2.75) is 33.2 Å². The summed E-state index contributed by atoms with van der Waals surface area (Å²) < 4.78 is 5.75. The standard InChI is InChI=1S/C19H31N3O2/c1-15-6-5-7-18(17(15)3)24-13-8-19(23)20-14-16(2)22-11-9-21(4)10-12-22/h5-7,16H,8-14H2,1-4H3,(H,20,23)/t16-/m1/s1. The Labute approximate surface area is 146 Å². The van der Waals surface area contributed by atoms with Gasteiger partial charge in [-0.1, -0.05) is 12.1 Å². The zero-order chi connectivity index (χ0) is 17.5. The van der Waals surface area contributed by atoms with E-state index in [0.29, 0.717) is 25.6 Å². The summed E-state index contributed by atoms with van der Waals surface area (Å²) in [7, 11) is 2.15. The maximum Gasteiger partial charge on any atom is 0.223 e. The zero-order valence-electron chi connectivity index (χ0n) is 15.5. The summed E-state index contributed by atoms with van der Waals surface area (Å²) in [6, 6.07) is 6.38. The number of nitrogens with zero attached hydrogens (tertiary/aromatic N) is 2. The quantitative estimate of drug-likeness (QED) is 0.827. The number of carbonyl (C=O) groups excluding carboxylic acids is 1. The maximum absolute atomic E-state index is 12.0. The number of hydrogen-bond donors (Lipinski definition) is 1. The van der Waals surface area contributed by atoms with Gasteiger partial charge in [0.2, 0.25) is 5.91 Å². The molecule has 0 aromatic heterocycles. The molecule has 2 rings (SSSR count). The Hall–Kier alpha value is -1.59. The van der Waals surface area contributed by atoms with Crippen molar-refractivity contribution in [3.8, 4) is 5.75 Å². The summed E-state index contributed by atoms with van der Waals surface area (Å²) in [5.74, 6) is 0.926. The molecule has 0 radical (unpaired) electrons. The van der Waals surface area contributed by atoms with Gasteiger partial charge in [0, 0.05) is 38.8 Å². The Morgan fingerprint density at radius 1 is 1.25 bits per heavy atom. The number of nitrogens with one attached hydrogen (secondary N) is 1. The molecule has 1 atom stereocenters. The Bertz CT molecular complexity index is 539. The molecule has 1 heterocycles. The fourth-order valence-corrected chi connectivity index (χ4v) is 2.88. The van der Waals surface area contributed by atoms with Gasteiger partial charge in [-0.15, -0.1) is 0 Å². The molecule has 1 aromatic rings. The molecule has 134 valence electrons. The lowest BCUT2D eigenvalue weighted by Crippen LogP contribution is -2.51. The fraction of sp³-hybridized carbons (Fsp3) is 0.632. The predicted molar refractivity (Wildman–Crippen MR) is 97.6 cm³/mol. The molecule has 5 nitrogen and oxygen atoms in total. The minimum atomic E-state index is 0.0567. The molecule has 1 aliphatic heterocycles. The van der Waals surface area contributed by atoms with E-state index in [1.807, 2.05) is 19.1 Å². The second kappa shape index (κ2) is 9.04. The van der Waals surface area contributed by atoms with Gasteiger partial charge < -0.3 is 15.0 Å². The highest BCUT2D eigenvalue weighted by atomic mass is 16.5. The molecule has 24 heavy (non-hydrogen) atoms. The number of likely N-dealkylation sites (N-methyl/N-ethyl adjacent to an activating group) is 1. The first-order valence-corrected chi connectivity index (χ1v) is 8.85. The van der Waals surface area contributed by atoms with E-state index in [2.05, 4.69) is 42.1 Å². The van der Waals surface area contributed by atoms with Crippen LogP contribution in [-0.2, 0) is 4.79 Å². The summed E-state index contributed by atoms with van der Waals surface area (Å²) in [6.45, 7) is 11.7. The lowest BCUT2D eigenvalue weighted by atomic mass is 10.1. The second-order valence-electron chi connectivity index (χ2n) is 6.79. The Balaban J connectivity index is 1.65. The minimum absolute atomic E-state index is 0.0567. The van der Waals surface area contributed by atoms with Crippen LogP contribution in [0, 0.1) is 13.8 Å². The normalized spacial score (nSPS) is 17.5. The summed E-state index contributed by atoms with van der Waals surface area (Å²) in [5.41, 5.74) is 2.35.